The van der Waals surface area contributed by atoms with Crippen molar-refractivity contribution in [1.82, 2.24) is 40.4 Å². The first-order valence-electron chi connectivity index (χ1n) is 22.5. The van der Waals surface area contributed by atoms with Crippen LogP contribution in [0, 0.1) is 27.7 Å². The Kier molecular flexibility index (Phi) is 18.7. The van der Waals surface area contributed by atoms with Crippen LogP contribution < -0.4 is 32.0 Å². The minimum Gasteiger partial charge on any atom is -0.355 e. The van der Waals surface area contributed by atoms with Gasteiger partial charge in [-0.1, -0.05) is 18.9 Å². The molecule has 0 atom stereocenters. The minimum absolute atomic E-state index is 0.0538. The first-order valence-corrected chi connectivity index (χ1v) is 24.7. The summed E-state index contributed by atoms with van der Waals surface area (Å²) in [5, 5.41) is 22.3. The van der Waals surface area contributed by atoms with E-state index in [1.165, 1.54) is 0 Å². The van der Waals surface area contributed by atoms with Gasteiger partial charge in [-0.2, -0.15) is 8.42 Å². The third kappa shape index (κ3) is 12.5. The molecule has 8 bridgehead atoms. The van der Waals surface area contributed by atoms with Crippen LogP contribution in [0.1, 0.15) is 122 Å². The monoisotopic (exact) mass is 924 g/mol. The second-order valence-corrected chi connectivity index (χ2v) is 18.3. The van der Waals surface area contributed by atoms with E-state index in [1.807, 2.05) is 56.6 Å². The van der Waals surface area contributed by atoms with Gasteiger partial charge in [0.15, 0.2) is 0 Å². The zero-order valence-corrected chi connectivity index (χ0v) is 40.3. The topological polar surface area (TPSA) is 221 Å². The lowest BCUT2D eigenvalue weighted by Gasteiger charge is -2.21. The van der Waals surface area contributed by atoms with Gasteiger partial charge in [0.05, 0.1) is 28.0 Å². The number of nitrogens with zero attached hydrogens (tertiary/aromatic N) is 2. The number of carbonyl (C=O) groups excluding carboxylic acids is 2. The van der Waals surface area contributed by atoms with Crippen LogP contribution in [0.25, 0.3) is 24.3 Å². The van der Waals surface area contributed by atoms with E-state index in [0.29, 0.717) is 72.1 Å². The maximum absolute atomic E-state index is 13.8. The molecular weight excluding hydrogens is 857 g/mol. The molecule has 1 aliphatic rings. The highest BCUT2D eigenvalue weighted by molar-refractivity contribution is 7.94. The second kappa shape index (κ2) is 23.7. The van der Waals surface area contributed by atoms with E-state index in [-0.39, 0.29) is 34.4 Å². The average Bonchev–Trinajstić information content (AvgIpc) is 3.93. The summed E-state index contributed by atoms with van der Waals surface area (Å²) in [6, 6.07) is 0. The van der Waals surface area contributed by atoms with Crippen molar-refractivity contribution in [2.24, 2.45) is 0 Å². The van der Waals surface area contributed by atoms with Crippen molar-refractivity contribution >= 4 is 58.3 Å². The normalized spacial score (nSPS) is 12.4. The van der Waals surface area contributed by atoms with Gasteiger partial charge in [-0.15, -0.1) is 4.33 Å². The quantitative estimate of drug-likeness (QED) is 0.0146. The number of nitrogens with one attached hydrogen (secondary N) is 6. The highest BCUT2D eigenvalue weighted by atomic mass is 32.2. The molecule has 0 fully saturated rings. The molecular formula is C46H68N8O8S2. The van der Waals surface area contributed by atoms with Crippen molar-refractivity contribution in [2.45, 2.75) is 117 Å². The summed E-state index contributed by atoms with van der Waals surface area (Å²) in [4.78, 5) is 45.5. The van der Waals surface area contributed by atoms with Crippen molar-refractivity contribution < 1.29 is 37.2 Å². The Balaban J connectivity index is 1.69. The van der Waals surface area contributed by atoms with Crippen LogP contribution in [0.3, 0.4) is 0 Å². The van der Waals surface area contributed by atoms with Gasteiger partial charge >= 0.3 is 0 Å². The van der Waals surface area contributed by atoms with Gasteiger partial charge in [-0.05, 0) is 164 Å². The zero-order valence-electron chi connectivity index (χ0n) is 38.7. The van der Waals surface area contributed by atoms with Crippen LogP contribution in [-0.2, 0) is 41.9 Å². The lowest BCUT2D eigenvalue weighted by molar-refractivity contribution is -0.432. The average molecular weight is 925 g/mol. The number of fused-ring (bicyclic) bond motifs is 8. The summed E-state index contributed by atoms with van der Waals surface area (Å²) >= 11 is 0.777. The van der Waals surface area contributed by atoms with Gasteiger partial charge in [0.25, 0.3) is 10.1 Å². The summed E-state index contributed by atoms with van der Waals surface area (Å²) in [5.74, 6) is 0.136. The fourth-order valence-electron chi connectivity index (χ4n) is 8.49. The SMILES string of the molecule is CCNCCCCN(CC)C(=O)CCc1c2[nH]c(c1C)C=c1[nH]c(c(SOOO)c1C)=Cc1[nH]c(c(S(=O)(=O)O)c1C)C=c1[nH]c(c(CCC(=O)N(CC)CCCCNCC)c1C)=C2. The third-order valence-corrected chi connectivity index (χ3v) is 14.1. The zero-order chi connectivity index (χ0) is 46.6. The highest BCUT2D eigenvalue weighted by Crippen LogP contribution is 2.27. The van der Waals surface area contributed by atoms with Gasteiger partial charge in [0.2, 0.25) is 11.8 Å². The molecule has 18 heteroatoms. The molecule has 2 amide bonds. The van der Waals surface area contributed by atoms with Crippen LogP contribution in [0.2, 0.25) is 0 Å². The van der Waals surface area contributed by atoms with E-state index in [1.54, 1.807) is 19.1 Å². The predicted molar refractivity (Wildman–Crippen MR) is 252 cm³/mol. The lowest BCUT2D eigenvalue weighted by atomic mass is 10.0. The van der Waals surface area contributed by atoms with Crippen molar-refractivity contribution in [1.29, 1.82) is 0 Å². The van der Waals surface area contributed by atoms with Gasteiger partial charge in [-0.25, -0.2) is 5.26 Å². The predicted octanol–water partition coefficient (Wildman–Crippen LogP) is 3.88. The van der Waals surface area contributed by atoms with Gasteiger partial charge < -0.3 is 40.4 Å². The van der Waals surface area contributed by atoms with E-state index in [9.17, 15) is 22.6 Å². The maximum atomic E-state index is 13.8. The Hall–Kier alpha value is -4.40. The number of rotatable bonds is 24. The van der Waals surface area contributed by atoms with Crippen LogP contribution >= 0.6 is 12.0 Å². The number of carbonyl (C=O) groups is 2. The number of hydrogen-bond acceptors (Lipinski definition) is 10. The molecule has 8 N–H and O–H groups in total. The molecule has 0 spiro atoms. The van der Waals surface area contributed by atoms with E-state index >= 15 is 0 Å². The van der Waals surface area contributed by atoms with Gasteiger partial charge in [0.1, 0.15) is 4.90 Å². The number of H-pyrrole nitrogens is 4. The van der Waals surface area contributed by atoms with E-state index in [4.69, 9.17) is 9.59 Å². The number of aromatic nitrogens is 4. The molecule has 0 saturated heterocycles. The first kappa shape index (κ1) is 50.6. The van der Waals surface area contributed by atoms with Gasteiger partial charge in [-0.3, -0.25) is 14.1 Å². The van der Waals surface area contributed by atoms with E-state index < -0.39 is 10.1 Å². The number of unbranched alkanes of at least 4 members (excludes halogenated alkanes) is 2. The molecule has 4 aromatic heterocycles. The Morgan fingerprint density at radius 3 is 1.70 bits per heavy atom. The summed E-state index contributed by atoms with van der Waals surface area (Å²) in [6.07, 6.45) is 12.6. The Morgan fingerprint density at radius 1 is 0.641 bits per heavy atom. The standard InChI is InChI=1S/C46H68N8O8S2/c1-9-47-21-13-15-23-53(11-3)43(55)19-17-33-29(5)35-25-37-31(7)45(63-62-61-57)41(51-37)26-38-32(8)46(64(58,59)60)42(52-38)27-36-30(6)34(40(50-36)28-39(33)49-35)18-20-44(56)54(12-4)24-16-14-22-48-10-2/h25-28,47-52,57H,9-24H2,1-8H3,(H,58,59,60). The van der Waals surface area contributed by atoms with Crippen LogP contribution in [0.4, 0.5) is 0 Å². The number of hydrogen-bond donors (Lipinski definition) is 8. The summed E-state index contributed by atoms with van der Waals surface area (Å²) < 4.78 is 41.5. The summed E-state index contributed by atoms with van der Waals surface area (Å²) in [5.41, 5.74) is 6.82. The molecule has 0 saturated carbocycles. The molecule has 0 unspecified atom stereocenters. The lowest BCUT2D eigenvalue weighted by Crippen LogP contribution is -2.32. The summed E-state index contributed by atoms with van der Waals surface area (Å²) in [6.45, 7) is 21.9. The van der Waals surface area contributed by atoms with Gasteiger partial charge in [0, 0.05) is 72.1 Å². The van der Waals surface area contributed by atoms with Crippen LogP contribution in [0.15, 0.2) is 9.79 Å². The van der Waals surface area contributed by atoms with Crippen LogP contribution in [0.5, 0.6) is 0 Å². The molecule has 5 heterocycles. The molecule has 64 heavy (non-hydrogen) atoms. The van der Waals surface area contributed by atoms with E-state index in [0.717, 1.165) is 108 Å². The highest BCUT2D eigenvalue weighted by Gasteiger charge is 2.24. The molecule has 5 rings (SSSR count). The van der Waals surface area contributed by atoms with Crippen molar-refractivity contribution in [3.63, 3.8) is 0 Å². The van der Waals surface area contributed by atoms with Crippen LogP contribution in [-0.4, -0.2) is 112 Å². The van der Waals surface area contributed by atoms with Crippen molar-refractivity contribution in [3.05, 3.63) is 77.6 Å². The largest absolute Gasteiger partial charge is 0.355 e. The second-order valence-electron chi connectivity index (χ2n) is 16.3. The molecule has 4 aromatic rings. The Bertz CT molecular complexity index is 2610. The minimum atomic E-state index is -4.72. The van der Waals surface area contributed by atoms with E-state index in [2.05, 4.69) is 49.5 Å². The fourth-order valence-corrected chi connectivity index (χ4v) is 9.91. The van der Waals surface area contributed by atoms with Crippen molar-refractivity contribution in [3.8, 4) is 0 Å². The number of aromatic amines is 4. The molecule has 16 nitrogen and oxygen atoms in total. The third-order valence-electron chi connectivity index (χ3n) is 12.2. The molecule has 0 aliphatic carbocycles. The molecule has 0 radical (unpaired) electrons. The Labute approximate surface area is 380 Å². The molecule has 1 aliphatic heterocycles. The first-order chi connectivity index (χ1) is 30.7. The molecule has 352 valence electrons. The summed E-state index contributed by atoms with van der Waals surface area (Å²) in [7, 11) is -4.72. The number of amides is 2. The van der Waals surface area contributed by atoms with Crippen molar-refractivity contribution in [2.75, 3.05) is 52.4 Å². The fraction of sp³-hybridized carbons (Fsp3) is 0.522. The Morgan fingerprint density at radius 2 is 1.14 bits per heavy atom. The smallest absolute Gasteiger partial charge is 0.296 e. The molecule has 0 aromatic carbocycles. The maximum Gasteiger partial charge on any atom is 0.296 e.